The normalized spacial score (nSPS) is 11.4. The SMILES string of the molecule is COCCCNC(=O)CCCSc1nnc2c3cc(C)ccc3n(Cc3ccccc3F)c2n1. The van der Waals surface area contributed by atoms with E-state index in [1.807, 2.05) is 29.7 Å². The molecule has 0 radical (unpaired) electrons. The zero-order chi connectivity index (χ0) is 23.9. The maximum atomic E-state index is 14.4. The fourth-order valence-electron chi connectivity index (χ4n) is 3.80. The van der Waals surface area contributed by atoms with Crippen LogP contribution in [0.3, 0.4) is 0 Å². The zero-order valence-electron chi connectivity index (χ0n) is 19.4. The van der Waals surface area contributed by atoms with Gasteiger partial charge in [0.05, 0.1) is 12.1 Å². The molecule has 2 aromatic carbocycles. The summed E-state index contributed by atoms with van der Waals surface area (Å²) in [4.78, 5) is 16.7. The van der Waals surface area contributed by atoms with Crippen molar-refractivity contribution in [1.29, 1.82) is 0 Å². The van der Waals surface area contributed by atoms with Crippen LogP contribution in [0.4, 0.5) is 4.39 Å². The molecule has 0 unspecified atom stereocenters. The van der Waals surface area contributed by atoms with Crippen molar-refractivity contribution in [3.8, 4) is 0 Å². The number of nitrogens with one attached hydrogen (secondary N) is 1. The summed E-state index contributed by atoms with van der Waals surface area (Å²) in [5, 5.41) is 13.2. The number of rotatable bonds is 11. The van der Waals surface area contributed by atoms with Crippen molar-refractivity contribution in [2.45, 2.75) is 37.9 Å². The standard InChI is InChI=1S/C25H28FN5O2S/c1-17-10-11-21-19(15-17)23-24(31(21)16-18-7-3-4-8-20(18)26)28-25(30-29-23)34-14-5-9-22(32)27-12-6-13-33-2/h3-4,7-8,10-11,15H,5-6,9,12-14,16H2,1-2H3,(H,27,32). The topological polar surface area (TPSA) is 81.9 Å². The molecule has 0 saturated carbocycles. The number of carbonyl (C=O) groups excluding carboxylic acids is 1. The number of aromatic nitrogens is 4. The number of hydrogen-bond acceptors (Lipinski definition) is 6. The number of thioether (sulfide) groups is 1. The molecule has 2 aromatic heterocycles. The lowest BCUT2D eigenvalue weighted by atomic mass is 10.1. The Labute approximate surface area is 202 Å². The Morgan fingerprint density at radius 2 is 2.03 bits per heavy atom. The Morgan fingerprint density at radius 1 is 1.18 bits per heavy atom. The van der Waals surface area contributed by atoms with Crippen molar-refractivity contribution in [2.24, 2.45) is 0 Å². The molecule has 0 fully saturated rings. The van der Waals surface area contributed by atoms with Crippen molar-refractivity contribution < 1.29 is 13.9 Å². The molecule has 0 atom stereocenters. The number of ether oxygens (including phenoxy) is 1. The summed E-state index contributed by atoms with van der Waals surface area (Å²) in [6, 6.07) is 12.9. The molecule has 178 valence electrons. The third kappa shape index (κ3) is 5.71. The first-order valence-electron chi connectivity index (χ1n) is 11.3. The molecule has 4 rings (SSSR count). The minimum atomic E-state index is -0.248. The number of benzene rings is 2. The molecule has 0 aliphatic rings. The quantitative estimate of drug-likeness (QED) is 0.251. The number of amides is 1. The highest BCUT2D eigenvalue weighted by Crippen LogP contribution is 2.29. The predicted molar refractivity (Wildman–Crippen MR) is 133 cm³/mol. The number of methoxy groups -OCH3 is 1. The largest absolute Gasteiger partial charge is 0.385 e. The minimum Gasteiger partial charge on any atom is -0.385 e. The van der Waals surface area contributed by atoms with E-state index in [0.717, 1.165) is 22.9 Å². The highest BCUT2D eigenvalue weighted by atomic mass is 32.2. The van der Waals surface area contributed by atoms with Crippen molar-refractivity contribution in [2.75, 3.05) is 26.0 Å². The van der Waals surface area contributed by atoms with Crippen LogP contribution in [0.2, 0.25) is 0 Å². The molecule has 1 amide bonds. The fourth-order valence-corrected chi connectivity index (χ4v) is 4.52. The van der Waals surface area contributed by atoms with E-state index in [9.17, 15) is 9.18 Å². The number of hydrogen-bond donors (Lipinski definition) is 1. The molecule has 0 bridgehead atoms. The predicted octanol–water partition coefficient (Wildman–Crippen LogP) is 4.50. The monoisotopic (exact) mass is 481 g/mol. The van der Waals surface area contributed by atoms with Gasteiger partial charge in [-0.3, -0.25) is 4.79 Å². The lowest BCUT2D eigenvalue weighted by molar-refractivity contribution is -0.121. The molecule has 34 heavy (non-hydrogen) atoms. The summed E-state index contributed by atoms with van der Waals surface area (Å²) in [6.07, 6.45) is 1.96. The van der Waals surface area contributed by atoms with Crippen LogP contribution in [-0.2, 0) is 16.1 Å². The van der Waals surface area contributed by atoms with Gasteiger partial charge in [0.15, 0.2) is 5.65 Å². The molecule has 4 aromatic rings. The Morgan fingerprint density at radius 3 is 2.85 bits per heavy atom. The average Bonchev–Trinajstić information content (AvgIpc) is 3.13. The van der Waals surface area contributed by atoms with Crippen molar-refractivity contribution >= 4 is 39.7 Å². The third-order valence-corrected chi connectivity index (χ3v) is 6.44. The molecular formula is C25H28FN5O2S. The van der Waals surface area contributed by atoms with Gasteiger partial charge in [-0.2, -0.15) is 0 Å². The molecule has 0 aliphatic carbocycles. The van der Waals surface area contributed by atoms with Crippen LogP contribution in [0, 0.1) is 12.7 Å². The van der Waals surface area contributed by atoms with E-state index in [1.165, 1.54) is 17.8 Å². The molecule has 2 heterocycles. The van der Waals surface area contributed by atoms with Crippen LogP contribution in [0.1, 0.15) is 30.4 Å². The molecular weight excluding hydrogens is 453 g/mol. The van der Waals surface area contributed by atoms with E-state index in [1.54, 1.807) is 19.2 Å². The minimum absolute atomic E-state index is 0.0339. The van der Waals surface area contributed by atoms with E-state index < -0.39 is 0 Å². The second kappa shape index (κ2) is 11.4. The van der Waals surface area contributed by atoms with Crippen LogP contribution < -0.4 is 5.32 Å². The van der Waals surface area contributed by atoms with Gasteiger partial charge in [-0.15, -0.1) is 10.2 Å². The first-order chi connectivity index (χ1) is 16.6. The van der Waals surface area contributed by atoms with Crippen LogP contribution in [0.25, 0.3) is 22.1 Å². The van der Waals surface area contributed by atoms with E-state index in [0.29, 0.717) is 60.2 Å². The Bertz CT molecular complexity index is 1290. The molecule has 7 nitrogen and oxygen atoms in total. The summed E-state index contributed by atoms with van der Waals surface area (Å²) in [6.45, 7) is 3.63. The number of nitrogens with zero attached hydrogens (tertiary/aromatic N) is 4. The van der Waals surface area contributed by atoms with Gasteiger partial charge in [-0.25, -0.2) is 9.37 Å². The summed E-state index contributed by atoms with van der Waals surface area (Å²) >= 11 is 1.47. The Kier molecular flexibility index (Phi) is 8.08. The van der Waals surface area contributed by atoms with Crippen LogP contribution in [0.15, 0.2) is 47.6 Å². The van der Waals surface area contributed by atoms with E-state index >= 15 is 0 Å². The summed E-state index contributed by atoms with van der Waals surface area (Å²) in [5.41, 5.74) is 4.02. The van der Waals surface area contributed by atoms with Gasteiger partial charge >= 0.3 is 0 Å². The van der Waals surface area contributed by atoms with Crippen LogP contribution >= 0.6 is 11.8 Å². The zero-order valence-corrected chi connectivity index (χ0v) is 20.2. The van der Waals surface area contributed by atoms with Crippen molar-refractivity contribution in [3.05, 3.63) is 59.4 Å². The smallest absolute Gasteiger partial charge is 0.220 e. The van der Waals surface area contributed by atoms with E-state index in [4.69, 9.17) is 9.72 Å². The first-order valence-corrected chi connectivity index (χ1v) is 12.3. The Hall–Kier alpha value is -3.04. The third-order valence-electron chi connectivity index (χ3n) is 5.52. The molecule has 1 N–H and O–H groups in total. The van der Waals surface area contributed by atoms with Crippen molar-refractivity contribution in [1.82, 2.24) is 25.1 Å². The number of carbonyl (C=O) groups is 1. The van der Waals surface area contributed by atoms with Crippen molar-refractivity contribution in [3.63, 3.8) is 0 Å². The number of halogens is 1. The molecule has 0 saturated heterocycles. The average molecular weight is 482 g/mol. The molecule has 0 aliphatic heterocycles. The van der Waals surface area contributed by atoms with E-state index in [2.05, 4.69) is 21.6 Å². The lowest BCUT2D eigenvalue weighted by Crippen LogP contribution is -2.24. The van der Waals surface area contributed by atoms with Gasteiger partial charge in [-0.1, -0.05) is 41.6 Å². The first kappa shape index (κ1) is 24.1. The van der Waals surface area contributed by atoms with Gasteiger partial charge in [-0.05, 0) is 38.0 Å². The van der Waals surface area contributed by atoms with Gasteiger partial charge in [0.1, 0.15) is 11.3 Å². The van der Waals surface area contributed by atoms with Crippen LogP contribution in [-0.4, -0.2) is 51.7 Å². The maximum Gasteiger partial charge on any atom is 0.220 e. The second-order valence-electron chi connectivity index (χ2n) is 8.11. The summed E-state index contributed by atoms with van der Waals surface area (Å²) in [7, 11) is 1.65. The highest BCUT2D eigenvalue weighted by Gasteiger charge is 2.17. The van der Waals surface area contributed by atoms with Gasteiger partial charge in [0.25, 0.3) is 0 Å². The van der Waals surface area contributed by atoms with Gasteiger partial charge in [0, 0.05) is 43.4 Å². The number of fused-ring (bicyclic) bond motifs is 3. The van der Waals surface area contributed by atoms with Gasteiger partial charge in [0.2, 0.25) is 11.1 Å². The maximum absolute atomic E-state index is 14.4. The summed E-state index contributed by atoms with van der Waals surface area (Å²) < 4.78 is 21.4. The number of aryl methyl sites for hydroxylation is 1. The van der Waals surface area contributed by atoms with Crippen LogP contribution in [0.5, 0.6) is 0 Å². The highest BCUT2D eigenvalue weighted by molar-refractivity contribution is 7.99. The summed E-state index contributed by atoms with van der Waals surface area (Å²) in [5.74, 6) is 0.485. The van der Waals surface area contributed by atoms with Gasteiger partial charge < -0.3 is 14.6 Å². The molecule has 0 spiro atoms. The second-order valence-corrected chi connectivity index (χ2v) is 9.18. The fraction of sp³-hybridized carbons (Fsp3) is 0.360. The van der Waals surface area contributed by atoms with E-state index in [-0.39, 0.29) is 11.7 Å². The molecule has 9 heteroatoms. The lowest BCUT2D eigenvalue weighted by Gasteiger charge is -2.08. The Balaban J connectivity index is 1.50.